The fourth-order valence-corrected chi connectivity index (χ4v) is 3.21. The van der Waals surface area contributed by atoms with E-state index >= 15 is 0 Å². The van der Waals surface area contributed by atoms with Crippen LogP contribution in [0.1, 0.15) is 45.6 Å². The smallest absolute Gasteiger partial charge is 0.307 e. The summed E-state index contributed by atoms with van der Waals surface area (Å²) in [5.41, 5.74) is -1.92. The normalized spacial score (nSPS) is 14.5. The number of carbonyl (C=O) groups excluding carboxylic acids is 1. The molecule has 0 atom stereocenters. The molecule has 0 aliphatic heterocycles. The van der Waals surface area contributed by atoms with Crippen molar-refractivity contribution in [2.45, 2.75) is 38.9 Å². The molecule has 0 N–H and O–H groups in total. The number of ketones is 1. The summed E-state index contributed by atoms with van der Waals surface area (Å²) in [4.78, 5) is 24.4. The molecule has 1 heterocycles. The van der Waals surface area contributed by atoms with Crippen molar-refractivity contribution >= 4 is 5.78 Å². The monoisotopic (exact) mass is 353 g/mol. The molecular formula is C18H15F4NO2. The van der Waals surface area contributed by atoms with Gasteiger partial charge in [-0.2, -0.15) is 13.2 Å². The van der Waals surface area contributed by atoms with Crippen LogP contribution in [0, 0.1) is 12.7 Å². The number of fused-ring (bicyclic) bond motifs is 1. The fourth-order valence-electron chi connectivity index (χ4n) is 3.21. The van der Waals surface area contributed by atoms with Gasteiger partial charge < -0.3 is 4.57 Å². The Morgan fingerprint density at radius 2 is 1.88 bits per heavy atom. The van der Waals surface area contributed by atoms with Crippen LogP contribution in [0.15, 0.2) is 29.1 Å². The minimum Gasteiger partial charge on any atom is -0.307 e. The highest BCUT2D eigenvalue weighted by atomic mass is 19.4. The van der Waals surface area contributed by atoms with E-state index in [-0.39, 0.29) is 30.6 Å². The molecule has 0 unspecified atom stereocenters. The third kappa shape index (κ3) is 3.10. The van der Waals surface area contributed by atoms with Crippen molar-refractivity contribution in [3.63, 3.8) is 0 Å². The van der Waals surface area contributed by atoms with Crippen LogP contribution in [-0.2, 0) is 19.1 Å². The van der Waals surface area contributed by atoms with Gasteiger partial charge in [0.25, 0.3) is 5.56 Å². The number of rotatable bonds is 2. The molecule has 0 spiro atoms. The van der Waals surface area contributed by atoms with Crippen molar-refractivity contribution < 1.29 is 22.4 Å². The minimum atomic E-state index is -4.79. The average molecular weight is 353 g/mol. The maximum Gasteiger partial charge on any atom is 0.417 e. The Morgan fingerprint density at radius 1 is 1.16 bits per heavy atom. The van der Waals surface area contributed by atoms with Crippen LogP contribution in [0.4, 0.5) is 17.6 Å². The first-order chi connectivity index (χ1) is 11.7. The summed E-state index contributed by atoms with van der Waals surface area (Å²) >= 11 is 0. The van der Waals surface area contributed by atoms with Crippen LogP contribution in [0.2, 0.25) is 0 Å². The Hall–Kier alpha value is -2.44. The lowest BCUT2D eigenvalue weighted by molar-refractivity contribution is -0.138. The van der Waals surface area contributed by atoms with E-state index in [1.807, 2.05) is 0 Å². The Morgan fingerprint density at radius 3 is 2.56 bits per heavy atom. The highest BCUT2D eigenvalue weighted by Crippen LogP contribution is 2.35. The molecule has 132 valence electrons. The molecule has 1 aliphatic carbocycles. The third-order valence-corrected chi connectivity index (χ3v) is 4.42. The molecule has 0 radical (unpaired) electrons. The van der Waals surface area contributed by atoms with E-state index in [2.05, 4.69) is 0 Å². The van der Waals surface area contributed by atoms with Crippen molar-refractivity contribution in [1.29, 1.82) is 0 Å². The van der Waals surface area contributed by atoms with Gasteiger partial charge in [0.15, 0.2) is 5.78 Å². The van der Waals surface area contributed by atoms with E-state index in [1.54, 1.807) is 19.1 Å². The highest BCUT2D eigenvalue weighted by Gasteiger charge is 2.39. The largest absolute Gasteiger partial charge is 0.417 e. The minimum absolute atomic E-state index is 0.00703. The lowest BCUT2D eigenvalue weighted by atomic mass is 9.90. The van der Waals surface area contributed by atoms with E-state index in [4.69, 9.17) is 0 Å². The first kappa shape index (κ1) is 17.4. The topological polar surface area (TPSA) is 39.1 Å². The summed E-state index contributed by atoms with van der Waals surface area (Å²) in [5, 5.41) is 0. The van der Waals surface area contributed by atoms with Crippen LogP contribution in [0.25, 0.3) is 0 Å². The second-order valence-corrected chi connectivity index (χ2v) is 6.13. The molecule has 0 bridgehead atoms. The maximum absolute atomic E-state index is 14.2. The summed E-state index contributed by atoms with van der Waals surface area (Å²) in [5.74, 6) is -1.14. The Balaban J connectivity index is 2.22. The lowest BCUT2D eigenvalue weighted by Gasteiger charge is -2.24. The number of alkyl halides is 3. The van der Waals surface area contributed by atoms with Gasteiger partial charge in [-0.1, -0.05) is 18.2 Å². The molecular weight excluding hydrogens is 338 g/mol. The molecule has 3 nitrogen and oxygen atoms in total. The molecule has 2 aromatic rings. The number of hydrogen-bond acceptors (Lipinski definition) is 2. The van der Waals surface area contributed by atoms with E-state index < -0.39 is 34.5 Å². The van der Waals surface area contributed by atoms with Crippen LogP contribution in [0.3, 0.4) is 0 Å². The van der Waals surface area contributed by atoms with Crippen LogP contribution in [0.5, 0.6) is 0 Å². The van der Waals surface area contributed by atoms with E-state index in [9.17, 15) is 27.2 Å². The molecule has 25 heavy (non-hydrogen) atoms. The van der Waals surface area contributed by atoms with Gasteiger partial charge in [0.05, 0.1) is 12.1 Å². The van der Waals surface area contributed by atoms with E-state index in [0.717, 1.165) is 4.57 Å². The summed E-state index contributed by atoms with van der Waals surface area (Å²) < 4.78 is 55.1. The molecule has 1 aromatic carbocycles. The first-order valence-electron chi connectivity index (χ1n) is 7.81. The predicted octanol–water partition coefficient (Wildman–Crippen LogP) is 3.88. The van der Waals surface area contributed by atoms with Crippen molar-refractivity contribution in [2.24, 2.45) is 0 Å². The number of carbonyl (C=O) groups is 1. The number of Topliss-reactive ketones (excluding diaryl/α,β-unsaturated/α-hetero) is 1. The maximum atomic E-state index is 14.2. The first-order valence-corrected chi connectivity index (χ1v) is 7.81. The number of nitrogens with zero attached hydrogens (tertiary/aromatic N) is 1. The number of pyridine rings is 1. The summed E-state index contributed by atoms with van der Waals surface area (Å²) in [6, 6.07) is 5.09. The Bertz CT molecular complexity index is 913. The molecule has 0 fully saturated rings. The fraction of sp³-hybridized carbons (Fsp3) is 0.333. The number of halogens is 4. The predicted molar refractivity (Wildman–Crippen MR) is 83.2 cm³/mol. The zero-order chi connectivity index (χ0) is 18.4. The molecule has 1 aromatic heterocycles. The highest BCUT2D eigenvalue weighted by molar-refractivity contribution is 5.99. The second-order valence-electron chi connectivity index (χ2n) is 6.13. The van der Waals surface area contributed by atoms with Gasteiger partial charge in [-0.05, 0) is 25.3 Å². The lowest BCUT2D eigenvalue weighted by Crippen LogP contribution is -2.32. The van der Waals surface area contributed by atoms with Gasteiger partial charge in [0.1, 0.15) is 5.82 Å². The van der Waals surface area contributed by atoms with E-state index in [0.29, 0.717) is 18.1 Å². The molecule has 0 amide bonds. The number of hydrogen-bond donors (Lipinski definition) is 0. The molecule has 3 rings (SSSR count). The Labute approximate surface area is 140 Å². The van der Waals surface area contributed by atoms with Gasteiger partial charge in [0, 0.05) is 29.3 Å². The van der Waals surface area contributed by atoms with E-state index in [1.165, 1.54) is 6.07 Å². The van der Waals surface area contributed by atoms with Gasteiger partial charge >= 0.3 is 6.18 Å². The average Bonchev–Trinajstić information content (AvgIpc) is 2.53. The van der Waals surface area contributed by atoms with Crippen molar-refractivity contribution in [2.75, 3.05) is 0 Å². The molecule has 0 saturated carbocycles. The van der Waals surface area contributed by atoms with Gasteiger partial charge in [-0.15, -0.1) is 0 Å². The van der Waals surface area contributed by atoms with Crippen molar-refractivity contribution in [1.82, 2.24) is 4.57 Å². The third-order valence-electron chi connectivity index (χ3n) is 4.42. The zero-order valence-corrected chi connectivity index (χ0v) is 13.4. The van der Waals surface area contributed by atoms with Gasteiger partial charge in [0.2, 0.25) is 0 Å². The van der Waals surface area contributed by atoms with Crippen LogP contribution in [-0.4, -0.2) is 10.4 Å². The quantitative estimate of drug-likeness (QED) is 0.769. The van der Waals surface area contributed by atoms with Crippen molar-refractivity contribution in [3.05, 3.63) is 68.4 Å². The van der Waals surface area contributed by atoms with Gasteiger partial charge in [-0.3, -0.25) is 9.59 Å². The molecule has 0 saturated heterocycles. The SMILES string of the molecule is Cc1cccc(Cn2c3c(c(C(F)(F)F)cc2=O)C(=O)CCC3)c1F. The number of aromatic nitrogens is 1. The molecule has 1 aliphatic rings. The zero-order valence-electron chi connectivity index (χ0n) is 13.4. The number of aryl methyl sites for hydroxylation is 1. The van der Waals surface area contributed by atoms with Crippen LogP contribution < -0.4 is 5.56 Å². The van der Waals surface area contributed by atoms with Gasteiger partial charge in [-0.25, -0.2) is 4.39 Å². The van der Waals surface area contributed by atoms with Crippen LogP contribution >= 0.6 is 0 Å². The standard InChI is InChI=1S/C18H15F4NO2/c1-10-4-2-5-11(17(10)19)9-23-13-6-3-7-14(24)16(13)12(8-15(23)25)18(20,21)22/h2,4-5,8H,3,6-7,9H2,1H3. The molecule has 7 heteroatoms. The summed E-state index contributed by atoms with van der Waals surface area (Å²) in [6.45, 7) is 1.35. The second kappa shape index (κ2) is 6.13. The van der Waals surface area contributed by atoms with Crippen molar-refractivity contribution in [3.8, 4) is 0 Å². The Kier molecular flexibility index (Phi) is 4.26. The summed E-state index contributed by atoms with van der Waals surface area (Å²) in [7, 11) is 0. The number of benzene rings is 1. The summed E-state index contributed by atoms with van der Waals surface area (Å²) in [6.07, 6.45) is -4.24.